The van der Waals surface area contributed by atoms with Crippen LogP contribution in [0.2, 0.25) is 0 Å². The molecule has 7 heteroatoms. The number of nitrogens with two attached hydrogens (primary N) is 1. The highest BCUT2D eigenvalue weighted by molar-refractivity contribution is 7.98. The molecule has 3 N–H and O–H groups in total. The molecule has 0 aliphatic heterocycles. The molecule has 0 radical (unpaired) electrons. The van der Waals surface area contributed by atoms with E-state index >= 15 is 0 Å². The molecule has 1 aromatic rings. The summed E-state index contributed by atoms with van der Waals surface area (Å²) in [4.78, 5) is 14.2. The number of nitrogens with one attached hydrogen (secondary N) is 1. The smallest absolute Gasteiger partial charge is 0.228 e. The maximum atomic E-state index is 5.54. The van der Waals surface area contributed by atoms with Gasteiger partial charge in [-0.2, -0.15) is 15.0 Å². The molecule has 0 unspecified atom stereocenters. The van der Waals surface area contributed by atoms with Gasteiger partial charge in [-0.15, -0.1) is 0 Å². The third-order valence-corrected chi connectivity index (χ3v) is 2.20. The molecule has 6 nitrogen and oxygen atoms in total. The first kappa shape index (κ1) is 12.0. The minimum Gasteiger partial charge on any atom is -0.368 e. The van der Waals surface area contributed by atoms with Gasteiger partial charge >= 0.3 is 0 Å². The van der Waals surface area contributed by atoms with Crippen molar-refractivity contribution in [3.63, 3.8) is 0 Å². The molecule has 0 aliphatic carbocycles. The van der Waals surface area contributed by atoms with Gasteiger partial charge in [0.2, 0.25) is 11.9 Å². The molecule has 0 saturated carbocycles. The first-order chi connectivity index (χ1) is 7.11. The zero-order valence-electron chi connectivity index (χ0n) is 9.19. The Morgan fingerprint density at radius 2 is 2.07 bits per heavy atom. The summed E-state index contributed by atoms with van der Waals surface area (Å²) >= 11 is 1.44. The third-order valence-electron chi connectivity index (χ3n) is 1.66. The van der Waals surface area contributed by atoms with Crippen LogP contribution in [-0.2, 0) is 0 Å². The van der Waals surface area contributed by atoms with Gasteiger partial charge in [0, 0.05) is 13.1 Å². The van der Waals surface area contributed by atoms with Gasteiger partial charge in [-0.1, -0.05) is 11.8 Å². The molecule has 0 spiro atoms. The minimum atomic E-state index is 0.252. The van der Waals surface area contributed by atoms with Crippen molar-refractivity contribution in [2.75, 3.05) is 44.5 Å². The van der Waals surface area contributed by atoms with Gasteiger partial charge in [0.15, 0.2) is 5.16 Å². The molecule has 1 heterocycles. The van der Waals surface area contributed by atoms with Crippen molar-refractivity contribution in [1.82, 2.24) is 19.9 Å². The van der Waals surface area contributed by atoms with Crippen LogP contribution in [0.4, 0.5) is 11.9 Å². The van der Waals surface area contributed by atoms with Gasteiger partial charge in [0.1, 0.15) is 0 Å². The quantitative estimate of drug-likeness (QED) is 0.694. The van der Waals surface area contributed by atoms with Gasteiger partial charge in [0.25, 0.3) is 0 Å². The number of aromatic nitrogens is 3. The Hall–Kier alpha value is -1.08. The van der Waals surface area contributed by atoms with Crippen LogP contribution in [0, 0.1) is 0 Å². The SMILES string of the molecule is CSc1nc(N)nc(NCCN(C)C)n1. The summed E-state index contributed by atoms with van der Waals surface area (Å²) < 4.78 is 0. The fraction of sp³-hybridized carbons (Fsp3) is 0.625. The van der Waals surface area contributed by atoms with Crippen molar-refractivity contribution in [2.45, 2.75) is 5.16 Å². The minimum absolute atomic E-state index is 0.252. The molecule has 0 fully saturated rings. The first-order valence-electron chi connectivity index (χ1n) is 4.56. The molecular formula is C8H16N6S. The molecule has 0 saturated heterocycles. The van der Waals surface area contributed by atoms with Gasteiger partial charge in [0.05, 0.1) is 0 Å². The normalized spacial score (nSPS) is 10.7. The average Bonchev–Trinajstić information content (AvgIpc) is 2.16. The summed E-state index contributed by atoms with van der Waals surface area (Å²) in [6, 6.07) is 0. The number of thioether (sulfide) groups is 1. The Kier molecular flexibility index (Phi) is 4.57. The Labute approximate surface area is 93.7 Å². The van der Waals surface area contributed by atoms with Crippen molar-refractivity contribution in [2.24, 2.45) is 0 Å². The molecule has 0 bridgehead atoms. The molecule has 15 heavy (non-hydrogen) atoms. The van der Waals surface area contributed by atoms with E-state index in [0.29, 0.717) is 11.1 Å². The number of hydrogen-bond donors (Lipinski definition) is 2. The van der Waals surface area contributed by atoms with E-state index in [1.807, 2.05) is 20.4 Å². The van der Waals surface area contributed by atoms with Crippen LogP contribution in [0.5, 0.6) is 0 Å². The first-order valence-corrected chi connectivity index (χ1v) is 5.78. The van der Waals surface area contributed by atoms with E-state index in [4.69, 9.17) is 5.73 Å². The summed E-state index contributed by atoms with van der Waals surface area (Å²) in [5.41, 5.74) is 5.54. The number of nitrogens with zero attached hydrogens (tertiary/aromatic N) is 4. The van der Waals surface area contributed by atoms with Gasteiger partial charge in [-0.3, -0.25) is 0 Å². The zero-order chi connectivity index (χ0) is 11.3. The summed E-state index contributed by atoms with van der Waals surface area (Å²) in [5, 5.41) is 3.73. The lowest BCUT2D eigenvalue weighted by atomic mass is 10.6. The number of nitrogen functional groups attached to an aromatic ring is 1. The standard InChI is InChI=1S/C8H16N6S/c1-14(2)5-4-10-7-11-6(9)12-8(13-7)15-3/h4-5H2,1-3H3,(H3,9,10,11,12,13). The fourth-order valence-electron chi connectivity index (χ4n) is 0.934. The van der Waals surface area contributed by atoms with E-state index in [1.165, 1.54) is 11.8 Å². The van der Waals surface area contributed by atoms with Crippen molar-refractivity contribution >= 4 is 23.7 Å². The topological polar surface area (TPSA) is 80.0 Å². The molecular weight excluding hydrogens is 212 g/mol. The van der Waals surface area contributed by atoms with Crippen molar-refractivity contribution < 1.29 is 0 Å². The van der Waals surface area contributed by atoms with Crippen molar-refractivity contribution in [3.8, 4) is 0 Å². The largest absolute Gasteiger partial charge is 0.368 e. The van der Waals surface area contributed by atoms with Gasteiger partial charge < -0.3 is 16.0 Å². The van der Waals surface area contributed by atoms with E-state index in [2.05, 4.69) is 25.2 Å². The Bertz CT molecular complexity index is 316. The predicted molar refractivity (Wildman–Crippen MR) is 63.1 cm³/mol. The second-order valence-corrected chi connectivity index (χ2v) is 4.01. The highest BCUT2D eigenvalue weighted by atomic mass is 32.2. The fourth-order valence-corrected chi connectivity index (χ4v) is 1.30. The van der Waals surface area contributed by atoms with Gasteiger partial charge in [-0.05, 0) is 20.4 Å². The predicted octanol–water partition coefficient (Wildman–Crippen LogP) is 0.149. The lowest BCUT2D eigenvalue weighted by molar-refractivity contribution is 0.425. The number of anilines is 2. The molecule has 0 atom stereocenters. The zero-order valence-corrected chi connectivity index (χ0v) is 10.0. The average molecular weight is 228 g/mol. The molecule has 1 aromatic heterocycles. The van der Waals surface area contributed by atoms with Gasteiger partial charge in [-0.25, -0.2) is 0 Å². The maximum Gasteiger partial charge on any atom is 0.228 e. The number of hydrogen-bond acceptors (Lipinski definition) is 7. The van der Waals surface area contributed by atoms with E-state index in [9.17, 15) is 0 Å². The molecule has 84 valence electrons. The molecule has 0 amide bonds. The van der Waals surface area contributed by atoms with Crippen LogP contribution in [0.15, 0.2) is 5.16 Å². The van der Waals surface area contributed by atoms with E-state index in [-0.39, 0.29) is 5.95 Å². The third kappa shape index (κ3) is 4.30. The number of likely N-dealkylation sites (N-methyl/N-ethyl adjacent to an activating group) is 1. The van der Waals surface area contributed by atoms with Crippen LogP contribution in [0.1, 0.15) is 0 Å². The lowest BCUT2D eigenvalue weighted by Crippen LogP contribution is -2.21. The molecule has 0 aliphatic rings. The highest BCUT2D eigenvalue weighted by Crippen LogP contribution is 2.11. The van der Waals surface area contributed by atoms with E-state index in [1.54, 1.807) is 0 Å². The molecule has 1 rings (SSSR count). The van der Waals surface area contributed by atoms with E-state index in [0.717, 1.165) is 13.1 Å². The monoisotopic (exact) mass is 228 g/mol. The summed E-state index contributed by atoms with van der Waals surface area (Å²) in [6.07, 6.45) is 1.90. The number of rotatable bonds is 5. The van der Waals surface area contributed by atoms with E-state index < -0.39 is 0 Å². The molecule has 0 aromatic carbocycles. The summed E-state index contributed by atoms with van der Waals surface area (Å²) in [7, 11) is 4.02. The second kappa shape index (κ2) is 5.72. The van der Waals surface area contributed by atoms with Crippen LogP contribution in [-0.4, -0.2) is 53.3 Å². The Morgan fingerprint density at radius 3 is 2.67 bits per heavy atom. The van der Waals surface area contributed by atoms with Crippen LogP contribution in [0.25, 0.3) is 0 Å². The second-order valence-electron chi connectivity index (χ2n) is 3.23. The lowest BCUT2D eigenvalue weighted by Gasteiger charge is -2.10. The van der Waals surface area contributed by atoms with Crippen LogP contribution < -0.4 is 11.1 Å². The van der Waals surface area contributed by atoms with Crippen molar-refractivity contribution in [1.29, 1.82) is 0 Å². The highest BCUT2D eigenvalue weighted by Gasteiger charge is 2.02. The Morgan fingerprint density at radius 1 is 1.33 bits per heavy atom. The summed E-state index contributed by atoms with van der Waals surface area (Å²) in [6.45, 7) is 1.70. The summed E-state index contributed by atoms with van der Waals surface area (Å²) in [5.74, 6) is 0.787. The maximum absolute atomic E-state index is 5.54. The van der Waals surface area contributed by atoms with Crippen LogP contribution >= 0.6 is 11.8 Å². The van der Waals surface area contributed by atoms with Crippen LogP contribution in [0.3, 0.4) is 0 Å². The Balaban J connectivity index is 2.56. The van der Waals surface area contributed by atoms with Crippen molar-refractivity contribution in [3.05, 3.63) is 0 Å².